The second kappa shape index (κ2) is 6.57. The van der Waals surface area contributed by atoms with Crippen molar-refractivity contribution in [3.8, 4) is 0 Å². The van der Waals surface area contributed by atoms with Crippen LogP contribution in [-0.4, -0.2) is 28.6 Å². The number of carboxylic acid groups (broad SMARTS) is 1. The summed E-state index contributed by atoms with van der Waals surface area (Å²) in [4.78, 5) is 18.9. The van der Waals surface area contributed by atoms with Gasteiger partial charge < -0.3 is 10.0 Å². The SMILES string of the molecule is CCC(C)c1nc(N2CCCCC2CC)sc1C(=O)O. The molecule has 0 bridgehead atoms. The van der Waals surface area contributed by atoms with Crippen molar-refractivity contribution in [1.29, 1.82) is 0 Å². The lowest BCUT2D eigenvalue weighted by molar-refractivity contribution is 0.0700. The van der Waals surface area contributed by atoms with Crippen molar-refractivity contribution in [3.63, 3.8) is 0 Å². The van der Waals surface area contributed by atoms with Crippen molar-refractivity contribution < 1.29 is 9.90 Å². The topological polar surface area (TPSA) is 53.4 Å². The summed E-state index contributed by atoms with van der Waals surface area (Å²) in [5, 5.41) is 10.3. The molecular weight excluding hydrogens is 272 g/mol. The molecule has 2 heterocycles. The average molecular weight is 296 g/mol. The van der Waals surface area contributed by atoms with Crippen LogP contribution in [0.1, 0.15) is 74.2 Å². The highest BCUT2D eigenvalue weighted by Gasteiger charge is 2.28. The van der Waals surface area contributed by atoms with E-state index in [1.807, 2.05) is 0 Å². The van der Waals surface area contributed by atoms with Crippen LogP contribution < -0.4 is 4.90 Å². The van der Waals surface area contributed by atoms with Crippen molar-refractivity contribution >= 4 is 22.4 Å². The van der Waals surface area contributed by atoms with Crippen LogP contribution in [0.25, 0.3) is 0 Å². The average Bonchev–Trinajstić information content (AvgIpc) is 2.91. The lowest BCUT2D eigenvalue weighted by Gasteiger charge is -2.35. The fraction of sp³-hybridized carbons (Fsp3) is 0.733. The number of anilines is 1. The molecule has 1 aliphatic rings. The van der Waals surface area contributed by atoms with E-state index >= 15 is 0 Å². The van der Waals surface area contributed by atoms with Gasteiger partial charge in [0.25, 0.3) is 0 Å². The molecule has 2 unspecified atom stereocenters. The first kappa shape index (κ1) is 15.3. The Morgan fingerprint density at radius 3 is 2.85 bits per heavy atom. The predicted molar refractivity (Wildman–Crippen MR) is 83.1 cm³/mol. The van der Waals surface area contributed by atoms with Gasteiger partial charge in [-0.1, -0.05) is 32.1 Å². The normalized spacial score (nSPS) is 20.9. The number of thiazole rings is 1. The summed E-state index contributed by atoms with van der Waals surface area (Å²) >= 11 is 1.35. The number of carboxylic acids is 1. The Bertz CT molecular complexity index is 472. The molecule has 4 nitrogen and oxygen atoms in total. The van der Waals surface area contributed by atoms with Gasteiger partial charge >= 0.3 is 5.97 Å². The minimum atomic E-state index is -0.839. The second-order valence-corrected chi connectivity index (χ2v) is 6.55. The van der Waals surface area contributed by atoms with Crippen molar-refractivity contribution in [1.82, 2.24) is 4.98 Å². The molecule has 112 valence electrons. The monoisotopic (exact) mass is 296 g/mol. The zero-order valence-electron chi connectivity index (χ0n) is 12.6. The van der Waals surface area contributed by atoms with Crippen LogP contribution in [0.3, 0.4) is 0 Å². The minimum Gasteiger partial charge on any atom is -0.477 e. The minimum absolute atomic E-state index is 0.205. The molecule has 1 saturated heterocycles. The zero-order chi connectivity index (χ0) is 14.7. The van der Waals surface area contributed by atoms with Crippen LogP contribution in [-0.2, 0) is 0 Å². The molecular formula is C15H24N2O2S. The molecule has 0 aliphatic carbocycles. The number of aromatic carboxylic acids is 1. The fourth-order valence-corrected chi connectivity index (χ4v) is 3.92. The number of nitrogens with zero attached hydrogens (tertiary/aromatic N) is 2. The Kier molecular flexibility index (Phi) is 5.02. The maximum atomic E-state index is 11.4. The fourth-order valence-electron chi connectivity index (χ4n) is 2.80. The van der Waals surface area contributed by atoms with E-state index in [4.69, 9.17) is 0 Å². The number of carbonyl (C=O) groups is 1. The molecule has 5 heteroatoms. The first-order valence-corrected chi connectivity index (χ1v) is 8.40. The number of aromatic nitrogens is 1. The van der Waals surface area contributed by atoms with E-state index < -0.39 is 5.97 Å². The van der Waals surface area contributed by atoms with Crippen molar-refractivity contribution in [3.05, 3.63) is 10.6 Å². The van der Waals surface area contributed by atoms with E-state index in [0.29, 0.717) is 10.9 Å². The summed E-state index contributed by atoms with van der Waals surface area (Å²) in [5.74, 6) is -0.634. The van der Waals surface area contributed by atoms with Gasteiger partial charge in [0.05, 0.1) is 5.69 Å². The summed E-state index contributed by atoms with van der Waals surface area (Å²) in [6.45, 7) is 7.33. The summed E-state index contributed by atoms with van der Waals surface area (Å²) in [6, 6.07) is 0.515. The summed E-state index contributed by atoms with van der Waals surface area (Å²) < 4.78 is 0. The van der Waals surface area contributed by atoms with Crippen molar-refractivity contribution in [2.24, 2.45) is 0 Å². The summed E-state index contributed by atoms with van der Waals surface area (Å²) in [5.41, 5.74) is 0.764. The Labute approximate surface area is 124 Å². The molecule has 0 radical (unpaired) electrons. The largest absolute Gasteiger partial charge is 0.477 e. The summed E-state index contributed by atoms with van der Waals surface area (Å²) in [6.07, 6.45) is 5.65. The highest BCUT2D eigenvalue weighted by molar-refractivity contribution is 7.17. The molecule has 1 fully saturated rings. The molecule has 1 aromatic heterocycles. The Morgan fingerprint density at radius 2 is 2.25 bits per heavy atom. The molecule has 0 amide bonds. The van der Waals surface area contributed by atoms with Gasteiger partial charge in [-0.3, -0.25) is 0 Å². The van der Waals surface area contributed by atoms with Crippen LogP contribution in [0.4, 0.5) is 5.13 Å². The summed E-state index contributed by atoms with van der Waals surface area (Å²) in [7, 11) is 0. The van der Waals surface area contributed by atoms with E-state index in [9.17, 15) is 9.90 Å². The van der Waals surface area contributed by atoms with E-state index in [-0.39, 0.29) is 5.92 Å². The number of piperidine rings is 1. The van der Waals surface area contributed by atoms with E-state index in [0.717, 1.165) is 30.2 Å². The second-order valence-electron chi connectivity index (χ2n) is 5.58. The van der Waals surface area contributed by atoms with E-state index in [2.05, 4.69) is 30.7 Å². The third-order valence-corrected chi connectivity index (χ3v) is 5.36. The van der Waals surface area contributed by atoms with Crippen LogP contribution in [0.2, 0.25) is 0 Å². The van der Waals surface area contributed by atoms with Gasteiger partial charge in [-0.05, 0) is 38.0 Å². The zero-order valence-corrected chi connectivity index (χ0v) is 13.4. The highest BCUT2D eigenvalue weighted by Crippen LogP contribution is 2.35. The van der Waals surface area contributed by atoms with Gasteiger partial charge in [0.1, 0.15) is 4.88 Å². The van der Waals surface area contributed by atoms with Crippen LogP contribution in [0.15, 0.2) is 0 Å². The van der Waals surface area contributed by atoms with Crippen molar-refractivity contribution in [2.45, 2.75) is 64.8 Å². The van der Waals surface area contributed by atoms with Crippen molar-refractivity contribution in [2.75, 3.05) is 11.4 Å². The smallest absolute Gasteiger partial charge is 0.347 e. The lowest BCUT2D eigenvalue weighted by atomic mass is 10.0. The molecule has 2 atom stereocenters. The van der Waals surface area contributed by atoms with E-state index in [1.165, 1.54) is 30.6 Å². The molecule has 0 saturated carbocycles. The standard InChI is InChI=1S/C15H24N2O2S/c1-4-10(3)12-13(14(18)19)20-15(16-12)17-9-7-6-8-11(17)5-2/h10-11H,4-9H2,1-3H3,(H,18,19). The van der Waals surface area contributed by atoms with Gasteiger partial charge in [0.2, 0.25) is 0 Å². The van der Waals surface area contributed by atoms with Crippen LogP contribution in [0, 0.1) is 0 Å². The molecule has 2 rings (SSSR count). The number of hydrogen-bond acceptors (Lipinski definition) is 4. The van der Waals surface area contributed by atoms with Crippen LogP contribution >= 0.6 is 11.3 Å². The first-order chi connectivity index (χ1) is 9.58. The predicted octanol–water partition coefficient (Wildman–Crippen LogP) is 4.12. The highest BCUT2D eigenvalue weighted by atomic mass is 32.1. The Balaban J connectivity index is 2.34. The Hall–Kier alpha value is -1.10. The number of rotatable bonds is 5. The molecule has 1 aliphatic heterocycles. The third kappa shape index (κ3) is 2.97. The molecule has 20 heavy (non-hydrogen) atoms. The molecule has 1 N–H and O–H groups in total. The molecule has 0 spiro atoms. The molecule has 0 aromatic carbocycles. The van der Waals surface area contributed by atoms with Gasteiger partial charge in [-0.15, -0.1) is 0 Å². The van der Waals surface area contributed by atoms with Crippen LogP contribution in [0.5, 0.6) is 0 Å². The van der Waals surface area contributed by atoms with E-state index in [1.54, 1.807) is 0 Å². The molecule has 1 aromatic rings. The Morgan fingerprint density at radius 1 is 1.50 bits per heavy atom. The van der Waals surface area contributed by atoms with Gasteiger partial charge in [0.15, 0.2) is 5.13 Å². The number of hydrogen-bond donors (Lipinski definition) is 1. The van der Waals surface area contributed by atoms with Gasteiger partial charge in [-0.2, -0.15) is 0 Å². The van der Waals surface area contributed by atoms with Gasteiger partial charge in [0, 0.05) is 12.6 Å². The van der Waals surface area contributed by atoms with Gasteiger partial charge in [-0.25, -0.2) is 9.78 Å². The maximum absolute atomic E-state index is 11.4. The third-order valence-electron chi connectivity index (χ3n) is 4.26. The quantitative estimate of drug-likeness (QED) is 0.888. The first-order valence-electron chi connectivity index (χ1n) is 7.59. The lowest BCUT2D eigenvalue weighted by Crippen LogP contribution is -2.39. The maximum Gasteiger partial charge on any atom is 0.347 e.